The second kappa shape index (κ2) is 3.72. The fraction of sp³-hybridized carbons (Fsp3) is 0.182. The summed E-state index contributed by atoms with van der Waals surface area (Å²) >= 11 is 5.70. The van der Waals surface area contributed by atoms with Crippen LogP contribution in [0.4, 0.5) is 0 Å². The van der Waals surface area contributed by atoms with Crippen LogP contribution in [0.2, 0.25) is 0 Å². The van der Waals surface area contributed by atoms with Gasteiger partial charge in [0.15, 0.2) is 11.5 Å². The molecule has 3 rings (SSSR count). The van der Waals surface area contributed by atoms with Crippen molar-refractivity contribution in [2.75, 3.05) is 6.79 Å². The normalized spacial score (nSPS) is 13.1. The van der Waals surface area contributed by atoms with Gasteiger partial charge in [0.2, 0.25) is 6.79 Å². The van der Waals surface area contributed by atoms with Crippen molar-refractivity contribution >= 4 is 11.6 Å². The molecule has 1 aliphatic heterocycles. The number of benzene rings is 1. The highest BCUT2D eigenvalue weighted by Gasteiger charge is 2.14. The SMILES string of the molecule is ClCc1ccn(-c2ccc3c(c2)OCO3)n1. The standard InChI is InChI=1S/C11H9ClN2O2/c12-6-8-3-4-14(13-8)9-1-2-10-11(5-9)16-7-15-10/h1-5H,6-7H2. The summed E-state index contributed by atoms with van der Waals surface area (Å²) in [7, 11) is 0. The average molecular weight is 237 g/mol. The first kappa shape index (κ1) is 9.54. The molecule has 0 saturated carbocycles. The lowest BCUT2D eigenvalue weighted by atomic mass is 10.3. The van der Waals surface area contributed by atoms with Crippen molar-refractivity contribution in [1.29, 1.82) is 0 Å². The minimum absolute atomic E-state index is 0.283. The summed E-state index contributed by atoms with van der Waals surface area (Å²) in [6.45, 7) is 0.283. The van der Waals surface area contributed by atoms with Crippen molar-refractivity contribution in [2.45, 2.75) is 5.88 Å². The predicted octanol–water partition coefficient (Wildman–Crippen LogP) is 2.34. The zero-order valence-corrected chi connectivity index (χ0v) is 9.15. The minimum atomic E-state index is 0.283. The first-order valence-electron chi connectivity index (χ1n) is 4.87. The number of alkyl halides is 1. The second-order valence-electron chi connectivity index (χ2n) is 3.42. The van der Waals surface area contributed by atoms with Gasteiger partial charge in [-0.2, -0.15) is 5.10 Å². The molecular weight excluding hydrogens is 228 g/mol. The monoisotopic (exact) mass is 236 g/mol. The number of rotatable bonds is 2. The Morgan fingerprint density at radius 1 is 1.25 bits per heavy atom. The van der Waals surface area contributed by atoms with E-state index >= 15 is 0 Å². The summed E-state index contributed by atoms with van der Waals surface area (Å²) in [4.78, 5) is 0. The Bertz CT molecular complexity index is 524. The van der Waals surface area contributed by atoms with E-state index in [1.54, 1.807) is 4.68 Å². The summed E-state index contributed by atoms with van der Waals surface area (Å²) in [5.41, 5.74) is 1.78. The topological polar surface area (TPSA) is 36.3 Å². The van der Waals surface area contributed by atoms with Gasteiger partial charge in [0.25, 0.3) is 0 Å². The summed E-state index contributed by atoms with van der Waals surface area (Å²) in [5.74, 6) is 1.94. The molecule has 0 saturated heterocycles. The molecule has 2 aromatic rings. The van der Waals surface area contributed by atoms with Crippen molar-refractivity contribution in [2.24, 2.45) is 0 Å². The van der Waals surface area contributed by atoms with Crippen molar-refractivity contribution in [3.63, 3.8) is 0 Å². The summed E-state index contributed by atoms with van der Waals surface area (Å²) in [5, 5.41) is 4.31. The van der Waals surface area contributed by atoms with E-state index in [2.05, 4.69) is 5.10 Å². The molecule has 16 heavy (non-hydrogen) atoms. The van der Waals surface area contributed by atoms with Crippen LogP contribution in [0, 0.1) is 0 Å². The first-order valence-corrected chi connectivity index (χ1v) is 5.41. The predicted molar refractivity (Wildman–Crippen MR) is 59.2 cm³/mol. The molecular formula is C11H9ClN2O2. The zero-order chi connectivity index (χ0) is 11.0. The molecule has 0 unspecified atom stereocenters. The van der Waals surface area contributed by atoms with Crippen molar-refractivity contribution in [3.05, 3.63) is 36.2 Å². The molecule has 0 aliphatic carbocycles. The number of ether oxygens (including phenoxy) is 2. The number of nitrogens with zero attached hydrogens (tertiary/aromatic N) is 2. The summed E-state index contributed by atoms with van der Waals surface area (Å²) < 4.78 is 12.3. The molecule has 0 bridgehead atoms. The molecule has 1 aliphatic rings. The van der Waals surface area contributed by atoms with E-state index in [-0.39, 0.29) is 6.79 Å². The maximum atomic E-state index is 5.70. The van der Waals surface area contributed by atoms with Gasteiger partial charge in [-0.1, -0.05) is 0 Å². The Balaban J connectivity index is 2.00. The van der Waals surface area contributed by atoms with Crippen LogP contribution in [0.3, 0.4) is 0 Å². The van der Waals surface area contributed by atoms with Crippen LogP contribution in [0.15, 0.2) is 30.5 Å². The summed E-state index contributed by atoms with van der Waals surface area (Å²) in [6.07, 6.45) is 1.87. The molecule has 0 atom stereocenters. The molecule has 0 spiro atoms. The quantitative estimate of drug-likeness (QED) is 0.751. The molecule has 5 heteroatoms. The van der Waals surface area contributed by atoms with E-state index < -0.39 is 0 Å². The molecule has 1 aromatic heterocycles. The minimum Gasteiger partial charge on any atom is -0.454 e. The van der Waals surface area contributed by atoms with Crippen LogP contribution in [-0.2, 0) is 5.88 Å². The number of fused-ring (bicyclic) bond motifs is 1. The first-order chi connectivity index (χ1) is 7.86. The zero-order valence-electron chi connectivity index (χ0n) is 8.39. The molecule has 0 radical (unpaired) electrons. The van der Waals surface area contributed by atoms with E-state index in [1.165, 1.54) is 0 Å². The van der Waals surface area contributed by atoms with Crippen molar-refractivity contribution in [1.82, 2.24) is 9.78 Å². The van der Waals surface area contributed by atoms with Crippen LogP contribution in [0.5, 0.6) is 11.5 Å². The van der Waals surface area contributed by atoms with Crippen LogP contribution in [-0.4, -0.2) is 16.6 Å². The van der Waals surface area contributed by atoms with E-state index in [1.807, 2.05) is 30.5 Å². The number of hydrogen-bond donors (Lipinski definition) is 0. The lowest BCUT2D eigenvalue weighted by molar-refractivity contribution is 0.174. The van der Waals surface area contributed by atoms with Gasteiger partial charge < -0.3 is 9.47 Å². The molecule has 0 N–H and O–H groups in total. The largest absolute Gasteiger partial charge is 0.454 e. The third-order valence-electron chi connectivity index (χ3n) is 2.40. The van der Waals surface area contributed by atoms with Gasteiger partial charge in [-0.15, -0.1) is 11.6 Å². The van der Waals surface area contributed by atoms with Crippen molar-refractivity contribution < 1.29 is 9.47 Å². The van der Waals surface area contributed by atoms with Crippen LogP contribution in [0.1, 0.15) is 5.69 Å². The van der Waals surface area contributed by atoms with E-state index in [9.17, 15) is 0 Å². The number of hydrogen-bond acceptors (Lipinski definition) is 3. The molecule has 0 fully saturated rings. The van der Waals surface area contributed by atoms with Gasteiger partial charge in [0.1, 0.15) is 0 Å². The van der Waals surface area contributed by atoms with Gasteiger partial charge in [-0.3, -0.25) is 0 Å². The third-order valence-corrected chi connectivity index (χ3v) is 2.68. The second-order valence-corrected chi connectivity index (χ2v) is 3.69. The highest BCUT2D eigenvalue weighted by Crippen LogP contribution is 2.33. The number of aromatic nitrogens is 2. The van der Waals surface area contributed by atoms with E-state index in [0.717, 1.165) is 22.9 Å². The van der Waals surface area contributed by atoms with Crippen LogP contribution >= 0.6 is 11.6 Å². The van der Waals surface area contributed by atoms with Gasteiger partial charge in [0.05, 0.1) is 17.3 Å². The van der Waals surface area contributed by atoms with Gasteiger partial charge in [0, 0.05) is 12.3 Å². The van der Waals surface area contributed by atoms with Gasteiger partial charge in [-0.05, 0) is 18.2 Å². The Morgan fingerprint density at radius 2 is 2.12 bits per heavy atom. The van der Waals surface area contributed by atoms with Gasteiger partial charge >= 0.3 is 0 Å². The summed E-state index contributed by atoms with van der Waals surface area (Å²) in [6, 6.07) is 7.59. The molecule has 4 nitrogen and oxygen atoms in total. The molecule has 82 valence electrons. The van der Waals surface area contributed by atoms with E-state index in [4.69, 9.17) is 21.1 Å². The smallest absolute Gasteiger partial charge is 0.231 e. The van der Waals surface area contributed by atoms with Crippen LogP contribution < -0.4 is 9.47 Å². The molecule has 1 aromatic carbocycles. The fourth-order valence-corrected chi connectivity index (χ4v) is 1.75. The molecule has 2 heterocycles. The lowest BCUT2D eigenvalue weighted by Gasteiger charge is -2.02. The molecule has 0 amide bonds. The number of halogens is 1. The Kier molecular flexibility index (Phi) is 2.22. The maximum absolute atomic E-state index is 5.70. The van der Waals surface area contributed by atoms with E-state index in [0.29, 0.717) is 5.88 Å². The Morgan fingerprint density at radius 3 is 2.94 bits per heavy atom. The maximum Gasteiger partial charge on any atom is 0.231 e. The lowest BCUT2D eigenvalue weighted by Crippen LogP contribution is -1.95. The average Bonchev–Trinajstić information content (AvgIpc) is 2.96. The van der Waals surface area contributed by atoms with Gasteiger partial charge in [-0.25, -0.2) is 4.68 Å². The third kappa shape index (κ3) is 1.51. The van der Waals surface area contributed by atoms with Crippen LogP contribution in [0.25, 0.3) is 5.69 Å². The Hall–Kier alpha value is -1.68. The highest BCUT2D eigenvalue weighted by atomic mass is 35.5. The van der Waals surface area contributed by atoms with Crippen molar-refractivity contribution in [3.8, 4) is 17.2 Å². The highest BCUT2D eigenvalue weighted by molar-refractivity contribution is 6.16. The Labute approximate surface area is 97.4 Å². The fourth-order valence-electron chi connectivity index (χ4n) is 1.60.